The standard InChI is InChI=1S/C28H29F5N2O2/c1-3-18-6-4-7-19(10-18)15-34-16-26(37)24(13-20-11-21(29)14-22(30)12-20)23-8-5-9-25(35-17(2)36)27(23)28(31,32)33/h4-12,14,24,26,34,37H,3,13,15-16H2,1-2H3,(H,35,36)/t24-,26-/m0/s1. The van der Waals surface area contributed by atoms with E-state index in [9.17, 15) is 31.9 Å². The molecule has 4 nitrogen and oxygen atoms in total. The summed E-state index contributed by atoms with van der Waals surface area (Å²) in [6.45, 7) is 3.39. The molecule has 37 heavy (non-hydrogen) atoms. The summed E-state index contributed by atoms with van der Waals surface area (Å²) in [7, 11) is 0. The molecule has 3 aromatic carbocycles. The molecule has 0 unspecified atom stereocenters. The second-order valence-corrected chi connectivity index (χ2v) is 8.91. The van der Waals surface area contributed by atoms with Crippen molar-refractivity contribution in [1.82, 2.24) is 5.32 Å². The fraction of sp³-hybridized carbons (Fsp3) is 0.321. The Bertz CT molecular complexity index is 1210. The van der Waals surface area contributed by atoms with Gasteiger partial charge in [-0.15, -0.1) is 0 Å². The number of hydrogen-bond donors (Lipinski definition) is 3. The Balaban J connectivity index is 1.97. The van der Waals surface area contributed by atoms with Gasteiger partial charge in [0.05, 0.1) is 17.4 Å². The van der Waals surface area contributed by atoms with Crippen molar-refractivity contribution in [3.8, 4) is 0 Å². The van der Waals surface area contributed by atoms with Crippen LogP contribution in [0.5, 0.6) is 0 Å². The lowest BCUT2D eigenvalue weighted by atomic mass is 9.83. The monoisotopic (exact) mass is 520 g/mol. The first-order valence-corrected chi connectivity index (χ1v) is 11.9. The number of aliphatic hydroxyl groups is 1. The predicted octanol–water partition coefficient (Wildman–Crippen LogP) is 5.98. The lowest BCUT2D eigenvalue weighted by molar-refractivity contribution is -0.138. The molecule has 0 aliphatic rings. The maximum Gasteiger partial charge on any atom is 0.418 e. The van der Waals surface area contributed by atoms with Crippen LogP contribution < -0.4 is 10.6 Å². The largest absolute Gasteiger partial charge is 0.418 e. The van der Waals surface area contributed by atoms with Crippen molar-refractivity contribution in [3.05, 3.63) is 100 Å². The zero-order valence-corrected chi connectivity index (χ0v) is 20.5. The predicted molar refractivity (Wildman–Crippen MR) is 132 cm³/mol. The van der Waals surface area contributed by atoms with Crippen LogP contribution in [0.25, 0.3) is 0 Å². The smallest absolute Gasteiger partial charge is 0.391 e. The Kier molecular flexibility index (Phi) is 9.39. The fourth-order valence-corrected chi connectivity index (χ4v) is 4.39. The number of benzene rings is 3. The van der Waals surface area contributed by atoms with Gasteiger partial charge in [0.25, 0.3) is 0 Å². The number of amides is 1. The fourth-order valence-electron chi connectivity index (χ4n) is 4.39. The van der Waals surface area contributed by atoms with E-state index in [0.29, 0.717) is 12.6 Å². The van der Waals surface area contributed by atoms with Crippen molar-refractivity contribution < 1.29 is 31.9 Å². The highest BCUT2D eigenvalue weighted by molar-refractivity contribution is 5.90. The van der Waals surface area contributed by atoms with Crippen LogP contribution in [-0.4, -0.2) is 23.7 Å². The molecule has 0 radical (unpaired) electrons. The highest BCUT2D eigenvalue weighted by Crippen LogP contribution is 2.42. The number of aliphatic hydroxyl groups excluding tert-OH is 1. The summed E-state index contributed by atoms with van der Waals surface area (Å²) < 4.78 is 70.4. The van der Waals surface area contributed by atoms with E-state index in [1.54, 1.807) is 0 Å². The van der Waals surface area contributed by atoms with Gasteiger partial charge in [0.1, 0.15) is 11.6 Å². The van der Waals surface area contributed by atoms with E-state index in [1.165, 1.54) is 12.1 Å². The Hall–Kier alpha value is -3.30. The van der Waals surface area contributed by atoms with Crippen molar-refractivity contribution in [3.63, 3.8) is 0 Å². The molecule has 0 saturated carbocycles. The van der Waals surface area contributed by atoms with Gasteiger partial charge in [-0.2, -0.15) is 13.2 Å². The van der Waals surface area contributed by atoms with Gasteiger partial charge in [-0.05, 0) is 53.3 Å². The van der Waals surface area contributed by atoms with Crippen LogP contribution in [0.4, 0.5) is 27.6 Å². The minimum Gasteiger partial charge on any atom is -0.391 e. The maximum absolute atomic E-state index is 14.2. The molecule has 1 amide bonds. The van der Waals surface area contributed by atoms with Crippen molar-refractivity contribution in [2.24, 2.45) is 0 Å². The number of hydrogen-bond acceptors (Lipinski definition) is 3. The van der Waals surface area contributed by atoms with Crippen molar-refractivity contribution in [1.29, 1.82) is 0 Å². The number of nitrogens with one attached hydrogen (secondary N) is 2. The van der Waals surface area contributed by atoms with E-state index in [4.69, 9.17) is 0 Å². The molecule has 0 heterocycles. The maximum atomic E-state index is 14.2. The SMILES string of the molecule is CCc1cccc(CNC[C@H](O)[C@@H](Cc2cc(F)cc(F)c2)c2cccc(NC(C)=O)c2C(F)(F)F)c1. The number of halogens is 5. The second kappa shape index (κ2) is 12.3. The van der Waals surface area contributed by atoms with Gasteiger partial charge in [0.2, 0.25) is 5.91 Å². The molecule has 0 fully saturated rings. The first-order valence-electron chi connectivity index (χ1n) is 11.9. The van der Waals surface area contributed by atoms with E-state index < -0.39 is 47.0 Å². The molecular formula is C28H29F5N2O2. The molecule has 0 aliphatic heterocycles. The number of aryl methyl sites for hydroxylation is 1. The first kappa shape index (κ1) is 28.3. The lowest BCUT2D eigenvalue weighted by Gasteiger charge is -2.28. The molecule has 0 bridgehead atoms. The average Bonchev–Trinajstić information content (AvgIpc) is 2.80. The van der Waals surface area contributed by atoms with Gasteiger partial charge in [-0.1, -0.05) is 43.3 Å². The number of alkyl halides is 3. The van der Waals surface area contributed by atoms with Crippen molar-refractivity contribution >= 4 is 11.6 Å². The summed E-state index contributed by atoms with van der Waals surface area (Å²) >= 11 is 0. The molecule has 0 saturated heterocycles. The van der Waals surface area contributed by atoms with Gasteiger partial charge in [0.15, 0.2) is 0 Å². The Labute approximate surface area is 212 Å². The molecule has 0 aliphatic carbocycles. The molecule has 9 heteroatoms. The Morgan fingerprint density at radius 2 is 1.59 bits per heavy atom. The summed E-state index contributed by atoms with van der Waals surface area (Å²) in [6.07, 6.45) is -5.65. The minimum atomic E-state index is -4.87. The van der Waals surface area contributed by atoms with E-state index in [0.717, 1.165) is 42.7 Å². The summed E-state index contributed by atoms with van der Waals surface area (Å²) in [4.78, 5) is 11.6. The van der Waals surface area contributed by atoms with Crippen LogP contribution >= 0.6 is 0 Å². The lowest BCUT2D eigenvalue weighted by Crippen LogP contribution is -2.34. The second-order valence-electron chi connectivity index (χ2n) is 8.91. The van der Waals surface area contributed by atoms with E-state index in [1.807, 2.05) is 31.2 Å². The third-order valence-electron chi connectivity index (χ3n) is 6.01. The van der Waals surface area contributed by atoms with Crippen LogP contribution in [-0.2, 0) is 30.4 Å². The minimum absolute atomic E-state index is 0.0829. The van der Waals surface area contributed by atoms with E-state index in [2.05, 4.69) is 10.6 Å². The van der Waals surface area contributed by atoms with Crippen LogP contribution in [0.1, 0.15) is 47.6 Å². The van der Waals surface area contributed by atoms with Crippen LogP contribution in [0.2, 0.25) is 0 Å². The highest BCUT2D eigenvalue weighted by atomic mass is 19.4. The number of carbonyl (C=O) groups is 1. The summed E-state index contributed by atoms with van der Waals surface area (Å²) in [5, 5.41) is 16.4. The zero-order valence-electron chi connectivity index (χ0n) is 20.5. The molecule has 198 valence electrons. The van der Waals surface area contributed by atoms with Crippen molar-refractivity contribution in [2.75, 3.05) is 11.9 Å². The van der Waals surface area contributed by atoms with Gasteiger partial charge < -0.3 is 15.7 Å². The Morgan fingerprint density at radius 3 is 2.22 bits per heavy atom. The summed E-state index contributed by atoms with van der Waals surface area (Å²) in [5.74, 6) is -3.63. The molecule has 3 rings (SSSR count). The van der Waals surface area contributed by atoms with E-state index in [-0.39, 0.29) is 24.1 Å². The van der Waals surface area contributed by atoms with Gasteiger partial charge in [0, 0.05) is 32.0 Å². The molecule has 3 aromatic rings. The van der Waals surface area contributed by atoms with Crippen LogP contribution in [0.15, 0.2) is 60.7 Å². The molecule has 3 N–H and O–H groups in total. The topological polar surface area (TPSA) is 61.4 Å². The van der Waals surface area contributed by atoms with Gasteiger partial charge in [-0.25, -0.2) is 8.78 Å². The third-order valence-corrected chi connectivity index (χ3v) is 6.01. The average molecular weight is 521 g/mol. The van der Waals surface area contributed by atoms with Crippen molar-refractivity contribution in [2.45, 2.75) is 51.4 Å². The highest BCUT2D eigenvalue weighted by Gasteiger charge is 2.39. The summed E-state index contributed by atoms with van der Waals surface area (Å²) in [5.41, 5.74) is 0.307. The number of anilines is 1. The van der Waals surface area contributed by atoms with Gasteiger partial charge >= 0.3 is 6.18 Å². The number of rotatable bonds is 10. The van der Waals surface area contributed by atoms with Crippen LogP contribution in [0, 0.1) is 11.6 Å². The van der Waals surface area contributed by atoms with E-state index >= 15 is 0 Å². The summed E-state index contributed by atoms with van der Waals surface area (Å²) in [6, 6.07) is 14.2. The first-order chi connectivity index (χ1) is 17.5. The quantitative estimate of drug-likeness (QED) is 0.288. The Morgan fingerprint density at radius 1 is 0.946 bits per heavy atom. The molecule has 0 spiro atoms. The third kappa shape index (κ3) is 7.84. The number of carbonyl (C=O) groups excluding carboxylic acids is 1. The normalized spacial score (nSPS) is 13.3. The zero-order chi connectivity index (χ0) is 27.2. The van der Waals surface area contributed by atoms with Gasteiger partial charge in [-0.3, -0.25) is 4.79 Å². The molecule has 2 atom stereocenters. The molecule has 0 aromatic heterocycles. The van der Waals surface area contributed by atoms with Crippen LogP contribution in [0.3, 0.4) is 0 Å². The molecular weight excluding hydrogens is 491 g/mol.